The topological polar surface area (TPSA) is 45.7 Å². The van der Waals surface area contributed by atoms with Gasteiger partial charge in [-0.1, -0.05) is 103 Å². The van der Waals surface area contributed by atoms with E-state index < -0.39 is 0 Å². The number of furan rings is 1. The molecule has 3 nitrogen and oxygen atoms in total. The number of aliphatic imine (C=N–C) groups is 1. The monoisotopic (exact) mass is 531 g/mol. The Hall–Kier alpha value is -2.91. The summed E-state index contributed by atoms with van der Waals surface area (Å²) in [4.78, 5) is 4.17. The van der Waals surface area contributed by atoms with Crippen LogP contribution in [0.2, 0.25) is 0 Å². The van der Waals surface area contributed by atoms with Gasteiger partial charge in [-0.2, -0.15) is 0 Å². The number of hydrogen-bond donors (Lipinski definition) is 1. The Bertz CT molecular complexity index is 1150. The Morgan fingerprint density at radius 3 is 1.77 bits per heavy atom. The molecule has 2 aromatic carbocycles. The van der Waals surface area contributed by atoms with E-state index in [1.165, 1.54) is 33.5 Å². The van der Waals surface area contributed by atoms with E-state index in [0.29, 0.717) is 23.7 Å². The average molecular weight is 532 g/mol. The first-order chi connectivity index (χ1) is 18.4. The number of aliphatic hydroxyl groups excluding tert-OH is 1. The molecule has 0 atom stereocenters. The van der Waals surface area contributed by atoms with Gasteiger partial charge in [0.1, 0.15) is 5.76 Å². The van der Waals surface area contributed by atoms with E-state index >= 15 is 0 Å². The fourth-order valence-corrected chi connectivity index (χ4v) is 4.34. The third-order valence-corrected chi connectivity index (χ3v) is 6.65. The van der Waals surface area contributed by atoms with E-state index in [4.69, 9.17) is 9.52 Å². The number of aliphatic hydroxyl groups is 1. The average Bonchev–Trinajstić information content (AvgIpc) is 3.60. The van der Waals surface area contributed by atoms with Gasteiger partial charge in [-0.15, -0.1) is 0 Å². The third kappa shape index (κ3) is 12.2. The highest BCUT2D eigenvalue weighted by Crippen LogP contribution is 2.22. The van der Waals surface area contributed by atoms with E-state index in [2.05, 4.69) is 105 Å². The molecule has 1 aliphatic rings. The Morgan fingerprint density at radius 2 is 1.41 bits per heavy atom. The molecule has 0 aliphatic carbocycles. The Labute approximate surface area is 239 Å². The zero-order valence-electron chi connectivity index (χ0n) is 26.4. The molecule has 3 aromatic rings. The molecule has 0 amide bonds. The molecule has 4 rings (SSSR count). The van der Waals surface area contributed by atoms with Gasteiger partial charge >= 0.3 is 0 Å². The minimum absolute atomic E-state index is 0.153. The van der Waals surface area contributed by atoms with Crippen molar-refractivity contribution in [3.8, 4) is 0 Å². The zero-order valence-corrected chi connectivity index (χ0v) is 26.4. The lowest BCUT2D eigenvalue weighted by Gasteiger charge is -2.12. The summed E-state index contributed by atoms with van der Waals surface area (Å²) in [7, 11) is 0. The van der Waals surface area contributed by atoms with Crippen LogP contribution in [0.5, 0.6) is 0 Å². The predicted molar refractivity (Wildman–Crippen MR) is 170 cm³/mol. The smallest absolute Gasteiger partial charge is 0.106 e. The molecule has 214 valence electrons. The van der Waals surface area contributed by atoms with Crippen LogP contribution in [0.4, 0.5) is 0 Å². The van der Waals surface area contributed by atoms with Gasteiger partial charge in [0, 0.05) is 24.3 Å². The van der Waals surface area contributed by atoms with Crippen LogP contribution in [0.1, 0.15) is 119 Å². The van der Waals surface area contributed by atoms with Crippen molar-refractivity contribution < 1.29 is 9.52 Å². The van der Waals surface area contributed by atoms with E-state index in [0.717, 1.165) is 17.7 Å². The van der Waals surface area contributed by atoms with Crippen LogP contribution in [0, 0.1) is 26.7 Å². The molecule has 0 saturated heterocycles. The maximum Gasteiger partial charge on any atom is 0.106 e. The molecule has 0 saturated carbocycles. The van der Waals surface area contributed by atoms with Crippen LogP contribution in [0.15, 0.2) is 76.0 Å². The van der Waals surface area contributed by atoms with Crippen LogP contribution >= 0.6 is 0 Å². The number of hydrogen-bond acceptors (Lipinski definition) is 3. The number of aryl methyl sites for hydroxylation is 3. The fourth-order valence-electron chi connectivity index (χ4n) is 4.34. The maximum atomic E-state index is 9.15. The van der Waals surface area contributed by atoms with Crippen molar-refractivity contribution in [1.82, 2.24) is 0 Å². The standard InChI is InChI=1S/C11H16O.C11H16.C7H11N.C7H10O/c1-8(2)10-6-4-5-9(3)11(10)7-12;1-8(2)11-6-5-9(3)7-10(11)4;2*1-6(2)7-4-3-5-8-7/h4-6,8,12H,7H2,1-3H3;5-8H,1-4H3;4-6H,3H2,1-2H3;3-6H,1-2H3. The summed E-state index contributed by atoms with van der Waals surface area (Å²) in [6, 6.07) is 16.7. The van der Waals surface area contributed by atoms with Gasteiger partial charge in [0.2, 0.25) is 0 Å². The summed E-state index contributed by atoms with van der Waals surface area (Å²) in [6.07, 6.45) is 6.86. The van der Waals surface area contributed by atoms with Crippen LogP contribution in [-0.4, -0.2) is 11.3 Å². The SMILES string of the molecule is CC(C)C1=CCC=N1.CC(C)c1ccco1.Cc1ccc(C(C)C)c(C)c1.Cc1cccc(C(C)C)c1CO. The molecule has 3 heteroatoms. The molecule has 0 spiro atoms. The van der Waals surface area contributed by atoms with Crippen molar-refractivity contribution in [2.24, 2.45) is 10.9 Å². The molecule has 2 heterocycles. The largest absolute Gasteiger partial charge is 0.469 e. The summed E-state index contributed by atoms with van der Waals surface area (Å²) < 4.78 is 5.09. The molecule has 1 N–H and O–H groups in total. The first-order valence-corrected chi connectivity index (χ1v) is 14.4. The second kappa shape index (κ2) is 17.6. The van der Waals surface area contributed by atoms with Gasteiger partial charge in [0.05, 0.1) is 12.9 Å². The highest BCUT2D eigenvalue weighted by Gasteiger charge is 2.07. The molecule has 1 aliphatic heterocycles. The van der Waals surface area contributed by atoms with Gasteiger partial charge < -0.3 is 9.52 Å². The van der Waals surface area contributed by atoms with Crippen molar-refractivity contribution in [3.63, 3.8) is 0 Å². The van der Waals surface area contributed by atoms with Crippen molar-refractivity contribution in [2.45, 2.75) is 107 Å². The number of rotatable bonds is 5. The minimum atomic E-state index is 0.153. The van der Waals surface area contributed by atoms with E-state index in [9.17, 15) is 0 Å². The molecular formula is C36H53NO2. The Kier molecular flexibility index (Phi) is 15.4. The van der Waals surface area contributed by atoms with Gasteiger partial charge in [-0.25, -0.2) is 0 Å². The number of nitrogens with zero attached hydrogens (tertiary/aromatic N) is 1. The summed E-state index contributed by atoms with van der Waals surface area (Å²) in [5.41, 5.74) is 9.02. The molecule has 0 bridgehead atoms. The van der Waals surface area contributed by atoms with E-state index in [1.807, 2.05) is 37.4 Å². The first-order valence-electron chi connectivity index (χ1n) is 14.4. The fraction of sp³-hybridized carbons (Fsp3) is 0.472. The molecule has 1 aromatic heterocycles. The highest BCUT2D eigenvalue weighted by molar-refractivity contribution is 5.64. The maximum absolute atomic E-state index is 9.15. The lowest BCUT2D eigenvalue weighted by Crippen LogP contribution is -1.98. The first kappa shape index (κ1) is 34.1. The second-order valence-corrected chi connectivity index (χ2v) is 11.5. The van der Waals surface area contributed by atoms with Gasteiger partial charge in [-0.3, -0.25) is 4.99 Å². The van der Waals surface area contributed by atoms with Crippen LogP contribution < -0.4 is 0 Å². The lowest BCUT2D eigenvalue weighted by molar-refractivity contribution is 0.279. The van der Waals surface area contributed by atoms with Crippen molar-refractivity contribution in [1.29, 1.82) is 0 Å². The molecule has 0 fully saturated rings. The Morgan fingerprint density at radius 1 is 0.744 bits per heavy atom. The summed E-state index contributed by atoms with van der Waals surface area (Å²) in [5, 5.41) is 9.15. The highest BCUT2D eigenvalue weighted by atomic mass is 16.3. The van der Waals surface area contributed by atoms with Crippen molar-refractivity contribution in [3.05, 3.63) is 106 Å². The summed E-state index contributed by atoms with van der Waals surface area (Å²) in [5.74, 6) is 3.33. The number of allylic oxidation sites excluding steroid dienone is 2. The zero-order chi connectivity index (χ0) is 29.5. The molecule has 39 heavy (non-hydrogen) atoms. The van der Waals surface area contributed by atoms with Crippen molar-refractivity contribution >= 4 is 6.21 Å². The van der Waals surface area contributed by atoms with Crippen molar-refractivity contribution in [2.75, 3.05) is 0 Å². The second-order valence-electron chi connectivity index (χ2n) is 11.5. The van der Waals surface area contributed by atoms with Crippen LogP contribution in [0.3, 0.4) is 0 Å². The Balaban J connectivity index is 0.000000264. The summed E-state index contributed by atoms with van der Waals surface area (Å²) >= 11 is 0. The minimum Gasteiger partial charge on any atom is -0.469 e. The van der Waals surface area contributed by atoms with Gasteiger partial charge in [0.25, 0.3) is 0 Å². The third-order valence-electron chi connectivity index (χ3n) is 6.65. The molecule has 0 unspecified atom stereocenters. The molecule has 0 radical (unpaired) electrons. The quantitative estimate of drug-likeness (QED) is 0.356. The van der Waals surface area contributed by atoms with E-state index in [-0.39, 0.29) is 6.61 Å². The molecular weight excluding hydrogens is 478 g/mol. The predicted octanol–water partition coefficient (Wildman–Crippen LogP) is 10.4. The lowest BCUT2D eigenvalue weighted by atomic mass is 9.94. The normalized spacial score (nSPS) is 12.1. The number of benzene rings is 2. The van der Waals surface area contributed by atoms with E-state index in [1.54, 1.807) is 6.26 Å². The van der Waals surface area contributed by atoms with Gasteiger partial charge in [0.15, 0.2) is 0 Å². The van der Waals surface area contributed by atoms with Gasteiger partial charge in [-0.05, 0) is 78.5 Å². The summed E-state index contributed by atoms with van der Waals surface area (Å²) in [6.45, 7) is 23.8. The van der Waals surface area contributed by atoms with Crippen LogP contribution in [-0.2, 0) is 6.61 Å². The van der Waals surface area contributed by atoms with Crippen LogP contribution in [0.25, 0.3) is 0 Å².